The molecule has 0 fully saturated rings. The van der Waals surface area contributed by atoms with E-state index in [9.17, 15) is 9.59 Å². The van der Waals surface area contributed by atoms with Gasteiger partial charge in [-0.25, -0.2) is 0 Å². The van der Waals surface area contributed by atoms with Crippen molar-refractivity contribution in [3.8, 4) is 5.75 Å². The molecule has 1 N–H and O–H groups in total. The average Bonchev–Trinajstić information content (AvgIpc) is 2.96. The highest BCUT2D eigenvalue weighted by molar-refractivity contribution is 7.07. The van der Waals surface area contributed by atoms with Crippen molar-refractivity contribution >= 4 is 40.9 Å². The zero-order chi connectivity index (χ0) is 18.5. The third-order valence-corrected chi connectivity index (χ3v) is 4.78. The molecular formula is C20H16ClNO3S. The second-order valence-electron chi connectivity index (χ2n) is 5.45. The number of nitrogens with one attached hydrogen (secondary N) is 1. The summed E-state index contributed by atoms with van der Waals surface area (Å²) in [6.07, 6.45) is 3.20. The van der Waals surface area contributed by atoms with Crippen LogP contribution in [0.2, 0.25) is 5.02 Å². The molecule has 26 heavy (non-hydrogen) atoms. The van der Waals surface area contributed by atoms with Crippen LogP contribution in [0.5, 0.6) is 5.75 Å². The van der Waals surface area contributed by atoms with Crippen molar-refractivity contribution in [2.45, 2.75) is 6.92 Å². The van der Waals surface area contributed by atoms with Gasteiger partial charge in [0.2, 0.25) is 0 Å². The van der Waals surface area contributed by atoms with Gasteiger partial charge in [0, 0.05) is 16.7 Å². The Morgan fingerprint density at radius 1 is 1.15 bits per heavy atom. The van der Waals surface area contributed by atoms with E-state index in [1.54, 1.807) is 30.3 Å². The number of H-pyrrole nitrogens is 1. The first-order valence-electron chi connectivity index (χ1n) is 8.00. The normalized spacial score (nSPS) is 12.4. The lowest BCUT2D eigenvalue weighted by atomic mass is 10.1. The maximum Gasteiger partial charge on any atom is 0.266 e. The summed E-state index contributed by atoms with van der Waals surface area (Å²) in [5, 5.41) is 0.568. The zero-order valence-corrected chi connectivity index (χ0v) is 15.6. The number of thiazole rings is 1. The van der Waals surface area contributed by atoms with Gasteiger partial charge in [0.25, 0.3) is 5.56 Å². The number of benzene rings is 2. The molecule has 2 aromatic carbocycles. The summed E-state index contributed by atoms with van der Waals surface area (Å²) >= 11 is 7.06. The Bertz CT molecular complexity index is 1080. The van der Waals surface area contributed by atoms with Gasteiger partial charge >= 0.3 is 0 Å². The number of halogens is 1. The van der Waals surface area contributed by atoms with E-state index in [1.165, 1.54) is 17.4 Å². The Labute approximate surface area is 159 Å². The summed E-state index contributed by atoms with van der Waals surface area (Å²) in [6.45, 7) is 2.53. The van der Waals surface area contributed by atoms with Gasteiger partial charge < -0.3 is 9.72 Å². The number of ether oxygens (including phenoxy) is 1. The number of carbonyl (C=O) groups excluding carboxylic acids is 1. The van der Waals surface area contributed by atoms with Gasteiger partial charge in [-0.3, -0.25) is 9.59 Å². The number of rotatable bonds is 5. The van der Waals surface area contributed by atoms with Gasteiger partial charge in [-0.15, -0.1) is 11.3 Å². The summed E-state index contributed by atoms with van der Waals surface area (Å²) in [5.41, 5.74) is 1.18. The Morgan fingerprint density at radius 3 is 2.50 bits per heavy atom. The first-order valence-corrected chi connectivity index (χ1v) is 9.20. The standard InChI is InChI=1S/C20H16ClNO3S/c1-2-25-16-9-3-13(4-10-16)11-18-20(24)22-19(26-18)12-17(23)14-5-7-15(21)8-6-14/h3-12H,2H2,1H3,(H,22,24)/b18-11-,19-12-. The van der Waals surface area contributed by atoms with Crippen LogP contribution in [0.25, 0.3) is 12.2 Å². The fourth-order valence-corrected chi connectivity index (χ4v) is 3.33. The van der Waals surface area contributed by atoms with Crippen LogP contribution < -0.4 is 19.5 Å². The molecule has 0 atom stereocenters. The van der Waals surface area contributed by atoms with Crippen LogP contribution in [-0.4, -0.2) is 17.4 Å². The van der Waals surface area contributed by atoms with Crippen molar-refractivity contribution < 1.29 is 9.53 Å². The van der Waals surface area contributed by atoms with Gasteiger partial charge in [-0.2, -0.15) is 0 Å². The van der Waals surface area contributed by atoms with Gasteiger partial charge in [-0.05, 0) is 55.0 Å². The first-order chi connectivity index (χ1) is 12.5. The number of hydrogen-bond acceptors (Lipinski definition) is 4. The summed E-state index contributed by atoms with van der Waals surface area (Å²) in [6, 6.07) is 14.1. The lowest BCUT2D eigenvalue weighted by Gasteiger charge is -2.01. The highest BCUT2D eigenvalue weighted by Crippen LogP contribution is 2.12. The molecule has 0 radical (unpaired) electrons. The van der Waals surface area contributed by atoms with Gasteiger partial charge in [-0.1, -0.05) is 23.7 Å². The van der Waals surface area contributed by atoms with Crippen molar-refractivity contribution in [3.05, 3.63) is 84.2 Å². The van der Waals surface area contributed by atoms with Crippen LogP contribution in [0, 0.1) is 0 Å². The third-order valence-electron chi connectivity index (χ3n) is 3.56. The van der Waals surface area contributed by atoms with Crippen molar-refractivity contribution in [2.24, 2.45) is 0 Å². The number of hydrogen-bond donors (Lipinski definition) is 1. The summed E-state index contributed by atoms with van der Waals surface area (Å²) < 4.78 is 6.44. The van der Waals surface area contributed by atoms with Crippen molar-refractivity contribution in [2.75, 3.05) is 6.61 Å². The molecule has 0 aliphatic carbocycles. The Morgan fingerprint density at radius 2 is 1.85 bits per heavy atom. The van der Waals surface area contributed by atoms with Crippen molar-refractivity contribution in [1.29, 1.82) is 0 Å². The maximum atomic E-state index is 12.3. The molecule has 3 rings (SSSR count). The number of carbonyl (C=O) groups is 1. The minimum Gasteiger partial charge on any atom is -0.494 e. The maximum absolute atomic E-state index is 12.3. The van der Waals surface area contributed by atoms with Gasteiger partial charge in [0.05, 0.1) is 15.8 Å². The molecule has 0 aliphatic rings. The molecule has 0 unspecified atom stereocenters. The summed E-state index contributed by atoms with van der Waals surface area (Å²) in [7, 11) is 0. The smallest absolute Gasteiger partial charge is 0.266 e. The Balaban J connectivity index is 1.89. The van der Waals surface area contributed by atoms with E-state index in [0.717, 1.165) is 11.3 Å². The average molecular weight is 386 g/mol. The summed E-state index contributed by atoms with van der Waals surface area (Å²) in [5.74, 6) is 0.596. The molecule has 0 saturated heterocycles. The predicted molar refractivity (Wildman–Crippen MR) is 106 cm³/mol. The van der Waals surface area contributed by atoms with Gasteiger partial charge in [0.1, 0.15) is 5.75 Å². The molecule has 1 heterocycles. The largest absolute Gasteiger partial charge is 0.494 e. The van der Waals surface area contributed by atoms with Crippen LogP contribution in [0.15, 0.2) is 53.3 Å². The molecule has 6 heteroatoms. The van der Waals surface area contributed by atoms with E-state index in [-0.39, 0.29) is 11.3 Å². The zero-order valence-electron chi connectivity index (χ0n) is 14.0. The summed E-state index contributed by atoms with van der Waals surface area (Å²) in [4.78, 5) is 27.1. The molecule has 0 aliphatic heterocycles. The number of aromatic nitrogens is 1. The van der Waals surface area contributed by atoms with Crippen molar-refractivity contribution in [1.82, 2.24) is 4.98 Å². The second kappa shape index (κ2) is 8.17. The number of ketones is 1. The van der Waals surface area contributed by atoms with Gasteiger partial charge in [0.15, 0.2) is 5.78 Å². The fourth-order valence-electron chi connectivity index (χ4n) is 2.32. The molecule has 0 bridgehead atoms. The quantitative estimate of drug-likeness (QED) is 0.687. The molecule has 0 spiro atoms. The molecule has 132 valence electrons. The Kier molecular flexibility index (Phi) is 5.71. The lowest BCUT2D eigenvalue weighted by Crippen LogP contribution is -2.20. The Hall–Kier alpha value is -2.63. The van der Waals surface area contributed by atoms with Crippen LogP contribution in [0.3, 0.4) is 0 Å². The first kappa shape index (κ1) is 18.2. The molecule has 0 saturated carbocycles. The van der Waals surface area contributed by atoms with E-state index < -0.39 is 0 Å². The van der Waals surface area contributed by atoms with Crippen molar-refractivity contribution in [3.63, 3.8) is 0 Å². The fraction of sp³-hybridized carbons (Fsp3) is 0.100. The highest BCUT2D eigenvalue weighted by Gasteiger charge is 2.03. The molecule has 0 amide bonds. The third kappa shape index (κ3) is 4.50. The van der Waals surface area contributed by atoms with E-state index >= 15 is 0 Å². The predicted octanol–water partition coefficient (Wildman–Crippen LogP) is 2.98. The van der Waals surface area contributed by atoms with E-state index in [4.69, 9.17) is 16.3 Å². The number of aromatic amines is 1. The SMILES string of the molecule is CCOc1ccc(/C=c2\s/c(=C\C(=O)c3ccc(Cl)cc3)[nH]c2=O)cc1. The van der Waals surface area contributed by atoms with Crippen LogP contribution in [0.1, 0.15) is 22.8 Å². The van der Waals surface area contributed by atoms with Crippen LogP contribution in [-0.2, 0) is 0 Å². The topological polar surface area (TPSA) is 59.2 Å². The minimum atomic E-state index is -0.223. The minimum absolute atomic E-state index is 0.188. The molecular weight excluding hydrogens is 370 g/mol. The van der Waals surface area contributed by atoms with Crippen LogP contribution in [0.4, 0.5) is 0 Å². The van der Waals surface area contributed by atoms with E-state index in [1.807, 2.05) is 31.2 Å². The second-order valence-corrected chi connectivity index (χ2v) is 6.97. The molecule has 3 aromatic rings. The molecule has 4 nitrogen and oxygen atoms in total. The number of Topliss-reactive ketones (excluding diaryl/α,β-unsaturated/α-hetero) is 1. The lowest BCUT2D eigenvalue weighted by molar-refractivity contribution is 0.106. The van der Waals surface area contributed by atoms with E-state index in [0.29, 0.717) is 26.4 Å². The van der Waals surface area contributed by atoms with Crippen LogP contribution >= 0.6 is 22.9 Å². The highest BCUT2D eigenvalue weighted by atomic mass is 35.5. The van der Waals surface area contributed by atoms with E-state index in [2.05, 4.69) is 4.98 Å². The molecule has 1 aromatic heterocycles. The monoisotopic (exact) mass is 385 g/mol.